The standard InChI is InChI=1S/C28H24F3N7O2/c1-38-13-19(28(29,30)31)35-25(38)16-5-7-17(8-6-16)27(10-11-27)37-24-22-18(9-12-40-22)34-23(36-24)20-21(15-3-4-15)32-14-33-26(20)39-2/h5-9,12-15H,3-4,10-11H2,1-2H3,(H,34,36,37). The normalized spacial score (nSPS) is 16.3. The zero-order valence-electron chi connectivity index (χ0n) is 21.7. The molecule has 5 aromatic rings. The molecule has 7 rings (SSSR count). The van der Waals surface area contributed by atoms with Crippen molar-refractivity contribution in [1.82, 2.24) is 29.5 Å². The number of methoxy groups -OCH3 is 1. The van der Waals surface area contributed by atoms with E-state index in [9.17, 15) is 13.2 Å². The Morgan fingerprint density at radius 3 is 2.48 bits per heavy atom. The average Bonchev–Trinajstić information content (AvgIpc) is 3.85. The number of imidazole rings is 1. The van der Waals surface area contributed by atoms with Crippen molar-refractivity contribution in [2.45, 2.75) is 43.3 Å². The molecule has 40 heavy (non-hydrogen) atoms. The second kappa shape index (κ2) is 8.77. The Kier molecular flexibility index (Phi) is 5.38. The maximum atomic E-state index is 13.1. The predicted molar refractivity (Wildman–Crippen MR) is 140 cm³/mol. The molecule has 0 radical (unpaired) electrons. The molecule has 4 aromatic heterocycles. The first kappa shape index (κ1) is 24.6. The maximum absolute atomic E-state index is 13.1. The predicted octanol–water partition coefficient (Wildman–Crippen LogP) is 6.09. The van der Waals surface area contributed by atoms with Gasteiger partial charge in [-0.15, -0.1) is 0 Å². The monoisotopic (exact) mass is 547 g/mol. The lowest BCUT2D eigenvalue weighted by molar-refractivity contribution is -0.140. The van der Waals surface area contributed by atoms with Crippen LogP contribution in [-0.2, 0) is 18.8 Å². The van der Waals surface area contributed by atoms with Crippen molar-refractivity contribution < 1.29 is 22.3 Å². The van der Waals surface area contributed by atoms with Gasteiger partial charge in [-0.3, -0.25) is 0 Å². The summed E-state index contributed by atoms with van der Waals surface area (Å²) in [6.45, 7) is 0. The smallest absolute Gasteiger partial charge is 0.434 e. The third-order valence-electron chi connectivity index (χ3n) is 7.50. The number of alkyl halides is 3. The number of rotatable bonds is 7. The van der Waals surface area contributed by atoms with E-state index in [2.05, 4.69) is 20.3 Å². The summed E-state index contributed by atoms with van der Waals surface area (Å²) in [5.41, 5.74) is 2.99. The molecule has 0 unspecified atom stereocenters. The molecular formula is C28H24F3N7O2. The molecule has 0 spiro atoms. The van der Waals surface area contributed by atoms with Gasteiger partial charge in [0, 0.05) is 30.8 Å². The summed E-state index contributed by atoms with van der Waals surface area (Å²) in [5.74, 6) is 1.99. The lowest BCUT2D eigenvalue weighted by Crippen LogP contribution is -2.20. The summed E-state index contributed by atoms with van der Waals surface area (Å²) >= 11 is 0. The van der Waals surface area contributed by atoms with Gasteiger partial charge in [0.25, 0.3) is 0 Å². The van der Waals surface area contributed by atoms with Crippen LogP contribution in [0, 0.1) is 0 Å². The number of anilines is 1. The molecule has 0 atom stereocenters. The first-order chi connectivity index (χ1) is 19.3. The molecular weight excluding hydrogens is 523 g/mol. The van der Waals surface area contributed by atoms with Gasteiger partial charge in [-0.2, -0.15) is 13.2 Å². The Bertz CT molecular complexity index is 1740. The average molecular weight is 548 g/mol. The van der Waals surface area contributed by atoms with Crippen molar-refractivity contribution in [2.24, 2.45) is 7.05 Å². The molecule has 0 bridgehead atoms. The van der Waals surface area contributed by atoms with E-state index < -0.39 is 17.4 Å². The Hall–Kier alpha value is -4.48. The Morgan fingerprint density at radius 2 is 1.82 bits per heavy atom. The highest BCUT2D eigenvalue weighted by molar-refractivity contribution is 5.87. The topological polar surface area (TPSA) is 104 Å². The third kappa shape index (κ3) is 4.14. The van der Waals surface area contributed by atoms with Crippen LogP contribution in [-0.4, -0.2) is 36.6 Å². The van der Waals surface area contributed by atoms with Crippen LogP contribution in [0.5, 0.6) is 5.88 Å². The molecule has 9 nitrogen and oxygen atoms in total. The van der Waals surface area contributed by atoms with E-state index in [1.54, 1.807) is 38.6 Å². The van der Waals surface area contributed by atoms with Gasteiger partial charge < -0.3 is 19.0 Å². The van der Waals surface area contributed by atoms with Crippen LogP contribution in [0.3, 0.4) is 0 Å². The zero-order valence-corrected chi connectivity index (χ0v) is 21.7. The Morgan fingerprint density at radius 1 is 1.05 bits per heavy atom. The van der Waals surface area contributed by atoms with Crippen molar-refractivity contribution in [1.29, 1.82) is 0 Å². The van der Waals surface area contributed by atoms with Crippen molar-refractivity contribution in [2.75, 3.05) is 12.4 Å². The van der Waals surface area contributed by atoms with Crippen LogP contribution < -0.4 is 10.1 Å². The van der Waals surface area contributed by atoms with E-state index in [4.69, 9.17) is 19.1 Å². The molecule has 2 aliphatic rings. The fourth-order valence-electron chi connectivity index (χ4n) is 5.12. The van der Waals surface area contributed by atoms with Crippen LogP contribution >= 0.6 is 0 Å². The van der Waals surface area contributed by atoms with Gasteiger partial charge in [-0.25, -0.2) is 24.9 Å². The maximum Gasteiger partial charge on any atom is 0.434 e. The van der Waals surface area contributed by atoms with Gasteiger partial charge in [-0.1, -0.05) is 24.3 Å². The van der Waals surface area contributed by atoms with Crippen molar-refractivity contribution in [3.8, 4) is 28.7 Å². The number of fused-ring (bicyclic) bond motifs is 1. The van der Waals surface area contributed by atoms with E-state index in [1.807, 2.05) is 12.1 Å². The molecule has 0 saturated heterocycles. The number of hydrogen-bond acceptors (Lipinski definition) is 8. The summed E-state index contributed by atoms with van der Waals surface area (Å²) in [6.07, 6.45) is 3.35. The van der Waals surface area contributed by atoms with Gasteiger partial charge in [0.15, 0.2) is 22.9 Å². The number of hydrogen-bond donors (Lipinski definition) is 1. The highest BCUT2D eigenvalue weighted by atomic mass is 19.4. The van der Waals surface area contributed by atoms with Crippen molar-refractivity contribution in [3.05, 3.63) is 66.1 Å². The number of nitrogens with zero attached hydrogens (tertiary/aromatic N) is 6. The molecule has 0 amide bonds. The van der Waals surface area contributed by atoms with Gasteiger partial charge >= 0.3 is 6.18 Å². The zero-order chi connectivity index (χ0) is 27.6. The summed E-state index contributed by atoms with van der Waals surface area (Å²) in [7, 11) is 3.12. The number of nitrogens with one attached hydrogen (secondary N) is 1. The minimum atomic E-state index is -4.50. The number of furan rings is 1. The Balaban J connectivity index is 1.24. The Labute approximate surface area is 226 Å². The molecule has 2 aliphatic carbocycles. The second-order valence-corrected chi connectivity index (χ2v) is 10.3. The minimum Gasteiger partial charge on any atom is -0.480 e. The molecule has 204 valence electrons. The van der Waals surface area contributed by atoms with E-state index in [1.165, 1.54) is 10.9 Å². The lowest BCUT2D eigenvalue weighted by atomic mass is 10.0. The number of halogens is 3. The van der Waals surface area contributed by atoms with Gasteiger partial charge in [-0.05, 0) is 31.2 Å². The van der Waals surface area contributed by atoms with Crippen molar-refractivity contribution >= 4 is 16.9 Å². The molecule has 0 aliphatic heterocycles. The molecule has 4 heterocycles. The third-order valence-corrected chi connectivity index (χ3v) is 7.50. The minimum absolute atomic E-state index is 0.250. The van der Waals surface area contributed by atoms with Gasteiger partial charge in [0.05, 0.1) is 24.6 Å². The SMILES string of the molecule is COc1ncnc(C2CC2)c1-c1nc(NC2(c3ccc(-c4nc(C(F)(F)F)cn4C)cc3)CC2)c2occc2n1. The van der Waals surface area contributed by atoms with E-state index in [0.29, 0.717) is 45.7 Å². The quantitative estimate of drug-likeness (QED) is 0.261. The lowest BCUT2D eigenvalue weighted by Gasteiger charge is -2.20. The first-order valence-corrected chi connectivity index (χ1v) is 12.9. The van der Waals surface area contributed by atoms with E-state index >= 15 is 0 Å². The van der Waals surface area contributed by atoms with E-state index in [-0.39, 0.29) is 5.82 Å². The van der Waals surface area contributed by atoms with Crippen molar-refractivity contribution in [3.63, 3.8) is 0 Å². The van der Waals surface area contributed by atoms with Crippen LogP contribution in [0.4, 0.5) is 19.0 Å². The molecule has 1 aromatic carbocycles. The van der Waals surface area contributed by atoms with E-state index in [0.717, 1.165) is 43.1 Å². The largest absolute Gasteiger partial charge is 0.480 e. The number of aromatic nitrogens is 6. The first-order valence-electron chi connectivity index (χ1n) is 12.9. The van der Waals surface area contributed by atoms with Crippen LogP contribution in [0.25, 0.3) is 33.9 Å². The molecule has 2 saturated carbocycles. The summed E-state index contributed by atoms with van der Waals surface area (Å²) in [4.78, 5) is 22.3. The van der Waals surface area contributed by atoms with Crippen LogP contribution in [0.2, 0.25) is 0 Å². The summed E-state index contributed by atoms with van der Waals surface area (Å²) in [5, 5.41) is 3.59. The van der Waals surface area contributed by atoms with Gasteiger partial charge in [0.1, 0.15) is 23.2 Å². The molecule has 1 N–H and O–H groups in total. The number of aryl methyl sites for hydroxylation is 1. The second-order valence-electron chi connectivity index (χ2n) is 10.3. The summed E-state index contributed by atoms with van der Waals surface area (Å²) < 4.78 is 52.2. The molecule has 12 heteroatoms. The number of ether oxygens (including phenoxy) is 1. The fourth-order valence-corrected chi connectivity index (χ4v) is 5.12. The van der Waals surface area contributed by atoms with Crippen LogP contribution in [0.1, 0.15) is 48.6 Å². The highest BCUT2D eigenvalue weighted by Gasteiger charge is 2.45. The van der Waals surface area contributed by atoms with Gasteiger partial charge in [0.2, 0.25) is 5.88 Å². The molecule has 2 fully saturated rings. The fraction of sp³-hybridized carbons (Fsp3) is 0.321. The highest BCUT2D eigenvalue weighted by Crippen LogP contribution is 2.50. The number of benzene rings is 1. The van der Waals surface area contributed by atoms with Crippen LogP contribution in [0.15, 0.2) is 53.5 Å². The summed E-state index contributed by atoms with van der Waals surface area (Å²) in [6, 6.07) is 9.20.